The molecule has 1 atom stereocenters. The summed E-state index contributed by atoms with van der Waals surface area (Å²) < 4.78 is 10.8. The van der Waals surface area contributed by atoms with E-state index in [1.807, 2.05) is 25.1 Å². The highest BCUT2D eigenvalue weighted by Gasteiger charge is 2.13. The number of rotatable bonds is 4. The zero-order valence-corrected chi connectivity index (χ0v) is 9.60. The minimum absolute atomic E-state index is 0.0778. The van der Waals surface area contributed by atoms with Gasteiger partial charge in [0.15, 0.2) is 11.5 Å². The normalized spacial score (nSPS) is 15.1. The van der Waals surface area contributed by atoms with E-state index in [9.17, 15) is 4.79 Å². The highest BCUT2D eigenvalue weighted by molar-refractivity contribution is 5.68. The van der Waals surface area contributed by atoms with E-state index in [0.717, 1.165) is 11.4 Å². The highest BCUT2D eigenvalue weighted by atomic mass is 16.6. The Morgan fingerprint density at radius 2 is 2.12 bits per heavy atom. The third kappa shape index (κ3) is 3.03. The number of carboxylic acids is 1. The first kappa shape index (κ1) is 11.6. The molecule has 2 N–H and O–H groups in total. The van der Waals surface area contributed by atoms with E-state index in [2.05, 4.69) is 5.32 Å². The smallest absolute Gasteiger partial charge is 0.305 e. The topological polar surface area (TPSA) is 67.8 Å². The molecule has 92 valence electrons. The van der Waals surface area contributed by atoms with Crippen molar-refractivity contribution in [1.82, 2.24) is 0 Å². The number of ether oxygens (including phenoxy) is 2. The molecule has 0 saturated heterocycles. The number of anilines is 1. The molecule has 0 aliphatic carbocycles. The van der Waals surface area contributed by atoms with Gasteiger partial charge >= 0.3 is 5.97 Å². The molecule has 17 heavy (non-hydrogen) atoms. The van der Waals surface area contributed by atoms with Gasteiger partial charge in [0, 0.05) is 17.8 Å². The highest BCUT2D eigenvalue weighted by Crippen LogP contribution is 2.32. The molecule has 1 unspecified atom stereocenters. The Balaban J connectivity index is 2.04. The van der Waals surface area contributed by atoms with E-state index < -0.39 is 5.97 Å². The fraction of sp³-hybridized carbons (Fsp3) is 0.417. The van der Waals surface area contributed by atoms with Crippen molar-refractivity contribution in [2.45, 2.75) is 19.4 Å². The number of carboxylic acid groups (broad SMARTS) is 1. The van der Waals surface area contributed by atoms with Crippen molar-refractivity contribution in [3.8, 4) is 11.5 Å². The molecule has 1 aromatic rings. The molecule has 0 bridgehead atoms. The molecule has 0 spiro atoms. The lowest BCUT2D eigenvalue weighted by molar-refractivity contribution is -0.137. The number of fused-ring (bicyclic) bond motifs is 1. The minimum Gasteiger partial charge on any atom is -0.486 e. The van der Waals surface area contributed by atoms with Gasteiger partial charge in [-0.15, -0.1) is 0 Å². The zero-order valence-electron chi connectivity index (χ0n) is 9.60. The quantitative estimate of drug-likeness (QED) is 0.834. The fourth-order valence-corrected chi connectivity index (χ4v) is 1.73. The predicted molar refractivity (Wildman–Crippen MR) is 62.8 cm³/mol. The van der Waals surface area contributed by atoms with Gasteiger partial charge in [-0.25, -0.2) is 0 Å². The molecule has 2 rings (SSSR count). The van der Waals surface area contributed by atoms with Gasteiger partial charge in [0.1, 0.15) is 13.2 Å². The fourth-order valence-electron chi connectivity index (χ4n) is 1.73. The second-order valence-electron chi connectivity index (χ2n) is 4.00. The predicted octanol–water partition coefficient (Wildman–Crippen LogP) is 1.73. The summed E-state index contributed by atoms with van der Waals surface area (Å²) in [5.74, 6) is 0.610. The van der Waals surface area contributed by atoms with Crippen LogP contribution in [0.2, 0.25) is 0 Å². The van der Waals surface area contributed by atoms with Crippen LogP contribution in [-0.2, 0) is 4.79 Å². The molecule has 1 aliphatic heterocycles. The average Bonchev–Trinajstić information content (AvgIpc) is 2.27. The van der Waals surface area contributed by atoms with Crippen LogP contribution in [0.15, 0.2) is 18.2 Å². The van der Waals surface area contributed by atoms with Gasteiger partial charge in [-0.3, -0.25) is 4.79 Å². The van der Waals surface area contributed by atoms with Gasteiger partial charge in [-0.2, -0.15) is 0 Å². The van der Waals surface area contributed by atoms with Crippen LogP contribution >= 0.6 is 0 Å². The van der Waals surface area contributed by atoms with Crippen molar-refractivity contribution in [3.05, 3.63) is 18.2 Å². The van der Waals surface area contributed by atoms with E-state index in [1.54, 1.807) is 0 Å². The van der Waals surface area contributed by atoms with Gasteiger partial charge in [0.25, 0.3) is 0 Å². The van der Waals surface area contributed by atoms with Crippen LogP contribution in [0.25, 0.3) is 0 Å². The Labute approximate surface area is 99.3 Å². The Morgan fingerprint density at radius 1 is 1.41 bits per heavy atom. The zero-order chi connectivity index (χ0) is 12.3. The van der Waals surface area contributed by atoms with Crippen molar-refractivity contribution in [2.24, 2.45) is 0 Å². The summed E-state index contributed by atoms with van der Waals surface area (Å²) in [7, 11) is 0. The molecule has 1 aliphatic rings. The summed E-state index contributed by atoms with van der Waals surface area (Å²) >= 11 is 0. The first-order valence-corrected chi connectivity index (χ1v) is 5.53. The average molecular weight is 237 g/mol. The monoisotopic (exact) mass is 237 g/mol. The van der Waals surface area contributed by atoms with Crippen molar-refractivity contribution in [1.29, 1.82) is 0 Å². The summed E-state index contributed by atoms with van der Waals surface area (Å²) in [5, 5.41) is 11.8. The van der Waals surface area contributed by atoms with Crippen LogP contribution in [0.5, 0.6) is 11.5 Å². The molecular formula is C12H15NO4. The van der Waals surface area contributed by atoms with Crippen molar-refractivity contribution in [3.63, 3.8) is 0 Å². The van der Waals surface area contributed by atoms with E-state index in [-0.39, 0.29) is 12.5 Å². The van der Waals surface area contributed by atoms with Crippen LogP contribution in [0.3, 0.4) is 0 Å². The second-order valence-corrected chi connectivity index (χ2v) is 4.00. The van der Waals surface area contributed by atoms with E-state index in [0.29, 0.717) is 19.0 Å². The van der Waals surface area contributed by atoms with Gasteiger partial charge < -0.3 is 19.9 Å². The Bertz CT molecular complexity index is 419. The van der Waals surface area contributed by atoms with Crippen molar-refractivity contribution in [2.75, 3.05) is 18.5 Å². The molecule has 0 saturated carbocycles. The number of carbonyl (C=O) groups is 1. The molecule has 0 amide bonds. The lowest BCUT2D eigenvalue weighted by atomic mass is 10.2. The second kappa shape index (κ2) is 4.95. The van der Waals surface area contributed by atoms with Crippen LogP contribution in [0.1, 0.15) is 13.3 Å². The summed E-state index contributed by atoms with van der Waals surface area (Å²) in [4.78, 5) is 10.5. The lowest BCUT2D eigenvalue weighted by Gasteiger charge is -2.20. The van der Waals surface area contributed by atoms with Crippen molar-refractivity contribution < 1.29 is 19.4 Å². The Hall–Kier alpha value is -1.91. The van der Waals surface area contributed by atoms with Gasteiger partial charge in [0.05, 0.1) is 6.42 Å². The third-order valence-corrected chi connectivity index (χ3v) is 2.44. The summed E-state index contributed by atoms with van der Waals surface area (Å²) in [6.45, 7) is 2.93. The van der Waals surface area contributed by atoms with Crippen molar-refractivity contribution >= 4 is 11.7 Å². The van der Waals surface area contributed by atoms with E-state index in [1.165, 1.54) is 0 Å². The molecule has 0 fully saturated rings. The Kier molecular flexibility index (Phi) is 3.37. The molecule has 0 radical (unpaired) electrons. The molecule has 0 aromatic heterocycles. The number of hydrogen-bond donors (Lipinski definition) is 2. The molecular weight excluding hydrogens is 222 g/mol. The molecule has 1 aromatic carbocycles. The first-order valence-electron chi connectivity index (χ1n) is 5.53. The Morgan fingerprint density at radius 3 is 2.82 bits per heavy atom. The van der Waals surface area contributed by atoms with Gasteiger partial charge in [-0.05, 0) is 19.1 Å². The van der Waals surface area contributed by atoms with Crippen LogP contribution in [-0.4, -0.2) is 30.3 Å². The van der Waals surface area contributed by atoms with Crippen LogP contribution in [0, 0.1) is 0 Å². The van der Waals surface area contributed by atoms with Crippen LogP contribution < -0.4 is 14.8 Å². The van der Waals surface area contributed by atoms with E-state index in [4.69, 9.17) is 14.6 Å². The van der Waals surface area contributed by atoms with E-state index >= 15 is 0 Å². The number of hydrogen-bond acceptors (Lipinski definition) is 4. The maximum atomic E-state index is 10.5. The molecule has 1 heterocycles. The maximum absolute atomic E-state index is 10.5. The largest absolute Gasteiger partial charge is 0.486 e. The number of benzene rings is 1. The SMILES string of the molecule is CC(CC(=O)O)Nc1ccc2c(c1)OCCO2. The number of nitrogens with one attached hydrogen (secondary N) is 1. The standard InChI is InChI=1S/C12H15NO4/c1-8(6-12(14)15)13-9-2-3-10-11(7-9)17-5-4-16-10/h2-3,7-8,13H,4-6H2,1H3,(H,14,15). The maximum Gasteiger partial charge on any atom is 0.305 e. The lowest BCUT2D eigenvalue weighted by Crippen LogP contribution is -2.20. The van der Waals surface area contributed by atoms with Crippen LogP contribution in [0.4, 0.5) is 5.69 Å². The molecule has 5 nitrogen and oxygen atoms in total. The molecule has 5 heteroatoms. The number of aliphatic carboxylic acids is 1. The summed E-state index contributed by atoms with van der Waals surface area (Å²) in [6, 6.07) is 5.37. The van der Waals surface area contributed by atoms with Gasteiger partial charge in [0.2, 0.25) is 0 Å². The summed E-state index contributed by atoms with van der Waals surface area (Å²) in [5.41, 5.74) is 0.836. The third-order valence-electron chi connectivity index (χ3n) is 2.44. The first-order chi connectivity index (χ1) is 8.15. The summed E-state index contributed by atoms with van der Waals surface area (Å²) in [6.07, 6.45) is 0.0778. The van der Waals surface area contributed by atoms with Gasteiger partial charge in [-0.1, -0.05) is 0 Å². The minimum atomic E-state index is -0.817.